The third-order valence-corrected chi connectivity index (χ3v) is 5.26. The number of carbonyl (C=O) groups is 1. The number of halogens is 1. The van der Waals surface area contributed by atoms with Gasteiger partial charge in [-0.05, 0) is 6.42 Å². The van der Waals surface area contributed by atoms with E-state index in [9.17, 15) is 9.18 Å². The lowest BCUT2D eigenvalue weighted by Gasteiger charge is -2.09. The molecule has 0 heterocycles. The van der Waals surface area contributed by atoms with Crippen LogP contribution in [0.3, 0.4) is 0 Å². The molecule has 0 rings (SSSR count). The molecule has 0 saturated carbocycles. The first-order chi connectivity index (χ1) is 22.3. The summed E-state index contributed by atoms with van der Waals surface area (Å²) in [5.41, 5.74) is 0. The Labute approximate surface area is 268 Å². The molecular weight excluding hydrogens is 603 g/mol. The smallest absolute Gasteiger partial charge is 0.305 e. The third-order valence-electron chi connectivity index (χ3n) is 5.26. The van der Waals surface area contributed by atoms with Gasteiger partial charge < -0.3 is 61.6 Å². The Bertz CT molecular complexity index is 565. The second-order valence-electron chi connectivity index (χ2n) is 9.01. The zero-order chi connectivity index (χ0) is 32.6. The molecule has 0 spiro atoms. The van der Waals surface area contributed by atoms with Crippen LogP contribution in [0.25, 0.3) is 0 Å². The molecule has 14 nitrogen and oxygen atoms in total. The maximum absolute atomic E-state index is 11.8. The first kappa shape index (κ1) is 43.9. The Hall–Kier alpha value is -1.08. The molecule has 0 aromatic carbocycles. The van der Waals surface area contributed by atoms with Gasteiger partial charge in [0, 0.05) is 6.42 Å². The Morgan fingerprint density at radius 3 is 0.756 bits per heavy atom. The minimum atomic E-state index is -0.478. The van der Waals surface area contributed by atoms with Crippen molar-refractivity contribution in [2.45, 2.75) is 19.8 Å². The summed E-state index contributed by atoms with van der Waals surface area (Å²) in [6.07, 6.45) is 1.22. The molecule has 45 heavy (non-hydrogen) atoms. The average Bonchev–Trinajstić information content (AvgIpc) is 3.04. The molecule has 0 fully saturated rings. The fourth-order valence-electron chi connectivity index (χ4n) is 3.07. The monoisotopic (exact) mass is 662 g/mol. The predicted octanol–water partition coefficient (Wildman–Crippen LogP) is 1.50. The molecule has 0 bridgehead atoms. The number of hydrogen-bond donors (Lipinski definition) is 0. The lowest BCUT2D eigenvalue weighted by atomic mass is 10.3. The topological polar surface area (TPSA) is 137 Å². The Morgan fingerprint density at radius 1 is 0.356 bits per heavy atom. The van der Waals surface area contributed by atoms with Gasteiger partial charge in [-0.25, -0.2) is 4.39 Å². The number of alkyl halides is 1. The Balaban J connectivity index is 3.05. The van der Waals surface area contributed by atoms with Crippen LogP contribution in [-0.2, 0) is 66.4 Å². The number of hydrogen-bond acceptors (Lipinski definition) is 14. The molecule has 15 heteroatoms. The summed E-state index contributed by atoms with van der Waals surface area (Å²) >= 11 is 0. The minimum Gasteiger partial charge on any atom is -0.463 e. The van der Waals surface area contributed by atoms with E-state index >= 15 is 0 Å². The zero-order valence-corrected chi connectivity index (χ0v) is 27.4. The molecule has 0 amide bonds. The van der Waals surface area contributed by atoms with Crippen molar-refractivity contribution in [2.75, 3.05) is 172 Å². The van der Waals surface area contributed by atoms with Crippen LogP contribution in [0.15, 0.2) is 0 Å². The number of ether oxygens (including phenoxy) is 13. The van der Waals surface area contributed by atoms with Crippen molar-refractivity contribution in [3.8, 4) is 0 Å². The largest absolute Gasteiger partial charge is 0.463 e. The summed E-state index contributed by atoms with van der Waals surface area (Å²) in [6, 6.07) is 0. The van der Waals surface area contributed by atoms with Gasteiger partial charge in [-0.3, -0.25) is 4.79 Å². The van der Waals surface area contributed by atoms with E-state index in [0.717, 1.165) is 6.42 Å². The summed E-state index contributed by atoms with van der Waals surface area (Å²) in [5.74, 6) is -0.192. The predicted molar refractivity (Wildman–Crippen MR) is 162 cm³/mol. The van der Waals surface area contributed by atoms with Crippen LogP contribution >= 0.6 is 0 Å². The van der Waals surface area contributed by atoms with Gasteiger partial charge in [0.15, 0.2) is 0 Å². The standard InChI is InChI=1S/C30H59FO14/c1-2-3-30(32)45-29-28-44-27-26-43-25-24-42-23-22-41-21-20-40-19-18-39-17-16-38-15-14-37-13-12-36-11-10-35-9-8-34-7-6-33-5-4-31/h2-29H2,1H3. The fraction of sp³-hybridized carbons (Fsp3) is 0.967. The third kappa shape index (κ3) is 40.9. The maximum atomic E-state index is 11.8. The van der Waals surface area contributed by atoms with Crippen molar-refractivity contribution in [3.63, 3.8) is 0 Å². The molecule has 0 aliphatic rings. The second kappa shape index (κ2) is 40.9. The molecule has 270 valence electrons. The number of rotatable bonds is 40. The van der Waals surface area contributed by atoms with E-state index in [0.29, 0.717) is 158 Å². The number of carbonyl (C=O) groups excluding carboxylic acids is 1. The molecule has 0 aliphatic carbocycles. The normalized spacial score (nSPS) is 11.4. The van der Waals surface area contributed by atoms with Gasteiger partial charge in [0.25, 0.3) is 0 Å². The van der Waals surface area contributed by atoms with E-state index < -0.39 is 6.67 Å². The molecule has 0 radical (unpaired) electrons. The van der Waals surface area contributed by atoms with E-state index in [1.165, 1.54) is 0 Å². The molecule has 0 aromatic heterocycles. The second-order valence-corrected chi connectivity index (χ2v) is 9.01. The maximum Gasteiger partial charge on any atom is 0.305 e. The fourth-order valence-corrected chi connectivity index (χ4v) is 3.07. The highest BCUT2D eigenvalue weighted by atomic mass is 19.1. The molecule has 0 aromatic rings. The van der Waals surface area contributed by atoms with Crippen molar-refractivity contribution >= 4 is 5.97 Å². The summed E-state index contributed by atoms with van der Waals surface area (Å²) in [5, 5.41) is 0. The molecule has 0 atom stereocenters. The number of esters is 1. The van der Waals surface area contributed by atoms with E-state index in [4.69, 9.17) is 61.6 Å². The van der Waals surface area contributed by atoms with Crippen LogP contribution < -0.4 is 0 Å². The van der Waals surface area contributed by atoms with Crippen LogP contribution in [0.5, 0.6) is 0 Å². The molecule has 0 saturated heterocycles. The molecular formula is C30H59FO14. The Kier molecular flexibility index (Phi) is 40.0. The summed E-state index contributed by atoms with van der Waals surface area (Å²) in [6.45, 7) is 12.7. The summed E-state index contributed by atoms with van der Waals surface area (Å²) < 4.78 is 81.3. The van der Waals surface area contributed by atoms with E-state index in [1.54, 1.807) is 0 Å². The van der Waals surface area contributed by atoms with Crippen LogP contribution in [0.2, 0.25) is 0 Å². The molecule has 0 N–H and O–H groups in total. The van der Waals surface area contributed by atoms with Gasteiger partial charge in [-0.2, -0.15) is 0 Å². The van der Waals surface area contributed by atoms with Crippen molar-refractivity contribution in [2.24, 2.45) is 0 Å². The Morgan fingerprint density at radius 2 is 0.556 bits per heavy atom. The first-order valence-corrected chi connectivity index (χ1v) is 16.0. The van der Waals surface area contributed by atoms with Crippen LogP contribution in [0.1, 0.15) is 19.8 Å². The van der Waals surface area contributed by atoms with Gasteiger partial charge >= 0.3 is 5.97 Å². The SMILES string of the molecule is CCCC(=O)OCCOCCOCCOCCOCCOCCOCCOCCOCCOCCOCCOCCOCCF. The van der Waals surface area contributed by atoms with E-state index in [1.807, 2.05) is 6.92 Å². The molecule has 0 aliphatic heterocycles. The highest BCUT2D eigenvalue weighted by Gasteiger charge is 2.00. The van der Waals surface area contributed by atoms with Gasteiger partial charge in [0.05, 0.1) is 159 Å². The molecule has 0 unspecified atom stereocenters. The van der Waals surface area contributed by atoms with Gasteiger partial charge in [-0.15, -0.1) is 0 Å². The van der Waals surface area contributed by atoms with Crippen LogP contribution in [-0.4, -0.2) is 178 Å². The van der Waals surface area contributed by atoms with Crippen molar-refractivity contribution in [3.05, 3.63) is 0 Å². The summed E-state index contributed by atoms with van der Waals surface area (Å²) in [7, 11) is 0. The quantitative estimate of drug-likeness (QED) is 0.0692. The van der Waals surface area contributed by atoms with Gasteiger partial charge in [0.1, 0.15) is 13.3 Å². The van der Waals surface area contributed by atoms with Gasteiger partial charge in [-0.1, -0.05) is 6.92 Å². The van der Waals surface area contributed by atoms with Crippen molar-refractivity contribution < 1.29 is 70.8 Å². The van der Waals surface area contributed by atoms with Gasteiger partial charge in [0.2, 0.25) is 0 Å². The lowest BCUT2D eigenvalue weighted by Crippen LogP contribution is -2.15. The van der Waals surface area contributed by atoms with E-state index in [-0.39, 0.29) is 19.2 Å². The lowest BCUT2D eigenvalue weighted by molar-refractivity contribution is -0.145. The summed E-state index contributed by atoms with van der Waals surface area (Å²) in [4.78, 5) is 11.2. The highest BCUT2D eigenvalue weighted by molar-refractivity contribution is 5.69. The average molecular weight is 663 g/mol. The highest BCUT2D eigenvalue weighted by Crippen LogP contribution is 1.91. The van der Waals surface area contributed by atoms with Crippen LogP contribution in [0.4, 0.5) is 4.39 Å². The van der Waals surface area contributed by atoms with Crippen LogP contribution in [0, 0.1) is 0 Å². The minimum absolute atomic E-state index is 0.110. The first-order valence-electron chi connectivity index (χ1n) is 16.0. The van der Waals surface area contributed by atoms with Crippen molar-refractivity contribution in [1.82, 2.24) is 0 Å². The zero-order valence-electron chi connectivity index (χ0n) is 27.4. The van der Waals surface area contributed by atoms with Crippen molar-refractivity contribution in [1.29, 1.82) is 0 Å². The van der Waals surface area contributed by atoms with E-state index in [2.05, 4.69) is 0 Å².